The quantitative estimate of drug-likeness (QED) is 0.552. The Kier molecular flexibility index (Phi) is 4.72. The minimum Gasteiger partial charge on any atom is -0.496 e. The van der Waals surface area contributed by atoms with E-state index < -0.39 is 23.1 Å². The lowest BCUT2D eigenvalue weighted by Gasteiger charge is -2.23. The van der Waals surface area contributed by atoms with Crippen molar-refractivity contribution in [1.29, 1.82) is 0 Å². The lowest BCUT2D eigenvalue weighted by atomic mass is 9.86. The summed E-state index contributed by atoms with van der Waals surface area (Å²) in [6, 6.07) is 7.76. The van der Waals surface area contributed by atoms with Gasteiger partial charge in [-0.3, -0.25) is 14.4 Å². The average Bonchev–Trinajstić information content (AvgIpc) is 2.85. The van der Waals surface area contributed by atoms with Crippen LogP contribution in [0.3, 0.4) is 0 Å². The second-order valence-corrected chi connectivity index (χ2v) is 7.12. The van der Waals surface area contributed by atoms with Crippen LogP contribution in [0.5, 0.6) is 5.75 Å². The molecule has 3 rings (SSSR count). The third-order valence-corrected chi connectivity index (χ3v) is 4.95. The molecule has 0 radical (unpaired) electrons. The van der Waals surface area contributed by atoms with Gasteiger partial charge in [-0.25, -0.2) is 0 Å². The molecule has 1 atom stereocenters. The monoisotopic (exact) mass is 382 g/mol. The highest BCUT2D eigenvalue weighted by molar-refractivity contribution is 6.34. The number of ether oxygens (including phenoxy) is 1. The predicted molar refractivity (Wildman–Crippen MR) is 105 cm³/mol. The number of nitrogen functional groups attached to an aromatic ring is 1. The fraction of sp³-hybridized carbons (Fsp3) is 0.286. The predicted octanol–water partition coefficient (Wildman–Crippen LogP) is 2.63. The van der Waals surface area contributed by atoms with Crippen LogP contribution >= 0.6 is 0 Å². The minimum absolute atomic E-state index is 0.000407. The van der Waals surface area contributed by atoms with Gasteiger partial charge < -0.3 is 20.9 Å². The Labute approximate surface area is 162 Å². The van der Waals surface area contributed by atoms with Crippen molar-refractivity contribution in [2.45, 2.75) is 32.3 Å². The topological polar surface area (TPSA) is 119 Å². The van der Waals surface area contributed by atoms with E-state index in [1.165, 1.54) is 32.2 Å². The average molecular weight is 382 g/mol. The van der Waals surface area contributed by atoms with Gasteiger partial charge in [0.15, 0.2) is 0 Å². The summed E-state index contributed by atoms with van der Waals surface area (Å²) in [4.78, 5) is 37.9. The Hall–Kier alpha value is -3.19. The first-order chi connectivity index (χ1) is 13.1. The maximum Gasteiger partial charge on any atom is 0.221 e. The van der Waals surface area contributed by atoms with Crippen LogP contribution in [0.2, 0.25) is 0 Å². The Morgan fingerprint density at radius 3 is 2.43 bits per heavy atom. The number of Topliss-reactive ketones (excluding diaryl/α,β-unsaturated/α-hetero) is 2. The number of hydrogen-bond acceptors (Lipinski definition) is 6. The molecule has 0 bridgehead atoms. The molecular formula is C21H22N2O5. The van der Waals surface area contributed by atoms with Gasteiger partial charge in [0.05, 0.1) is 24.0 Å². The summed E-state index contributed by atoms with van der Waals surface area (Å²) in [7, 11) is 1.41. The maximum atomic E-state index is 13.2. The number of fused-ring (bicyclic) bond motifs is 1. The van der Waals surface area contributed by atoms with E-state index in [2.05, 4.69) is 5.32 Å². The first kappa shape index (κ1) is 19.6. The van der Waals surface area contributed by atoms with Crippen LogP contribution < -0.4 is 15.8 Å². The summed E-state index contributed by atoms with van der Waals surface area (Å²) in [6.45, 7) is 5.25. The summed E-state index contributed by atoms with van der Waals surface area (Å²) in [5.74, 6) is -1.66. The normalized spacial score (nSPS) is 18.4. The molecule has 28 heavy (non-hydrogen) atoms. The first-order valence-corrected chi connectivity index (χ1v) is 8.83. The molecule has 0 unspecified atom stereocenters. The Morgan fingerprint density at radius 2 is 1.86 bits per heavy atom. The molecular weight excluding hydrogens is 360 g/mol. The summed E-state index contributed by atoms with van der Waals surface area (Å²) in [5.41, 5.74) is 4.49. The SMILES string of the molecule is COc1cc(C(C)C)ccc1[C@]1(O)C(=O)c2ccc(N)c(NC(C)=O)c2C1=O. The molecule has 0 saturated heterocycles. The van der Waals surface area contributed by atoms with Crippen molar-refractivity contribution in [3.05, 3.63) is 52.6 Å². The largest absolute Gasteiger partial charge is 0.496 e. The summed E-state index contributed by atoms with van der Waals surface area (Å²) in [5, 5.41) is 13.8. The summed E-state index contributed by atoms with van der Waals surface area (Å²) < 4.78 is 5.37. The molecule has 0 heterocycles. The van der Waals surface area contributed by atoms with Gasteiger partial charge in [-0.05, 0) is 29.7 Å². The highest BCUT2D eigenvalue weighted by atomic mass is 16.5. The van der Waals surface area contributed by atoms with Crippen LogP contribution in [0.25, 0.3) is 0 Å². The van der Waals surface area contributed by atoms with Crippen molar-refractivity contribution in [3.63, 3.8) is 0 Å². The fourth-order valence-electron chi connectivity index (χ4n) is 3.44. The van der Waals surface area contributed by atoms with Gasteiger partial charge in [-0.1, -0.05) is 26.0 Å². The zero-order valence-electron chi connectivity index (χ0n) is 16.1. The zero-order chi connectivity index (χ0) is 20.8. The van der Waals surface area contributed by atoms with E-state index in [-0.39, 0.29) is 39.7 Å². The highest BCUT2D eigenvalue weighted by Crippen LogP contribution is 2.45. The molecule has 0 aromatic heterocycles. The van der Waals surface area contributed by atoms with E-state index in [9.17, 15) is 19.5 Å². The second kappa shape index (κ2) is 6.76. The van der Waals surface area contributed by atoms with Crippen molar-refractivity contribution in [3.8, 4) is 5.75 Å². The zero-order valence-corrected chi connectivity index (χ0v) is 16.1. The Morgan fingerprint density at radius 1 is 1.18 bits per heavy atom. The standard InChI is InChI=1S/C21H22N2O5/c1-10(2)12-5-7-14(16(9-12)28-4)21(27)19(25)13-6-8-15(22)18(23-11(3)24)17(13)20(21)26/h5-10,27H,22H2,1-4H3,(H,23,24)/t21-/m0/s1. The van der Waals surface area contributed by atoms with Crippen LogP contribution in [0, 0.1) is 0 Å². The number of amides is 1. The van der Waals surface area contributed by atoms with Crippen LogP contribution in [0.4, 0.5) is 11.4 Å². The lowest BCUT2D eigenvalue weighted by Crippen LogP contribution is -2.38. The number of rotatable bonds is 4. The number of anilines is 2. The highest BCUT2D eigenvalue weighted by Gasteiger charge is 2.55. The third kappa shape index (κ3) is 2.75. The van der Waals surface area contributed by atoms with Crippen LogP contribution in [-0.2, 0) is 10.4 Å². The Balaban J connectivity index is 2.23. The van der Waals surface area contributed by atoms with Crippen molar-refractivity contribution in [1.82, 2.24) is 0 Å². The van der Waals surface area contributed by atoms with Gasteiger partial charge in [0.25, 0.3) is 0 Å². The van der Waals surface area contributed by atoms with Crippen molar-refractivity contribution < 1.29 is 24.2 Å². The van der Waals surface area contributed by atoms with E-state index in [1.54, 1.807) is 12.1 Å². The number of nitrogens with one attached hydrogen (secondary N) is 1. The molecule has 2 aromatic rings. The van der Waals surface area contributed by atoms with Gasteiger partial charge in [-0.15, -0.1) is 0 Å². The van der Waals surface area contributed by atoms with Crippen molar-refractivity contribution >= 4 is 28.8 Å². The molecule has 0 saturated carbocycles. The molecule has 4 N–H and O–H groups in total. The number of carbonyl (C=O) groups is 3. The van der Waals surface area contributed by atoms with Gasteiger partial charge in [0.1, 0.15) is 5.75 Å². The molecule has 7 nitrogen and oxygen atoms in total. The number of nitrogens with two attached hydrogens (primary N) is 1. The fourth-order valence-corrected chi connectivity index (χ4v) is 3.44. The number of benzene rings is 2. The molecule has 2 aromatic carbocycles. The molecule has 0 aliphatic heterocycles. The number of aliphatic hydroxyl groups is 1. The van der Waals surface area contributed by atoms with Crippen LogP contribution in [0.1, 0.15) is 58.5 Å². The molecule has 1 amide bonds. The second-order valence-electron chi connectivity index (χ2n) is 7.12. The first-order valence-electron chi connectivity index (χ1n) is 8.83. The number of carbonyl (C=O) groups excluding carboxylic acids is 3. The van der Waals surface area contributed by atoms with Crippen LogP contribution in [0.15, 0.2) is 30.3 Å². The molecule has 1 aliphatic rings. The van der Waals surface area contributed by atoms with Gasteiger partial charge >= 0.3 is 0 Å². The molecule has 146 valence electrons. The van der Waals surface area contributed by atoms with Gasteiger partial charge in [0, 0.05) is 18.1 Å². The third-order valence-electron chi connectivity index (χ3n) is 4.95. The molecule has 1 aliphatic carbocycles. The molecule has 7 heteroatoms. The number of methoxy groups -OCH3 is 1. The number of ketones is 2. The van der Waals surface area contributed by atoms with Crippen molar-refractivity contribution in [2.75, 3.05) is 18.2 Å². The lowest BCUT2D eigenvalue weighted by molar-refractivity contribution is -0.114. The summed E-state index contributed by atoms with van der Waals surface area (Å²) in [6.07, 6.45) is 0. The van der Waals surface area contributed by atoms with E-state index in [0.29, 0.717) is 0 Å². The number of hydrogen-bond donors (Lipinski definition) is 3. The van der Waals surface area contributed by atoms with Gasteiger partial charge in [-0.2, -0.15) is 0 Å². The van der Waals surface area contributed by atoms with E-state index in [4.69, 9.17) is 10.5 Å². The van der Waals surface area contributed by atoms with Gasteiger partial charge in [0.2, 0.25) is 23.1 Å². The Bertz CT molecular complexity index is 1010. The van der Waals surface area contributed by atoms with Crippen molar-refractivity contribution in [2.24, 2.45) is 0 Å². The van der Waals surface area contributed by atoms with Crippen LogP contribution in [-0.4, -0.2) is 29.7 Å². The molecule has 0 spiro atoms. The molecule has 0 fully saturated rings. The van der Waals surface area contributed by atoms with E-state index >= 15 is 0 Å². The smallest absolute Gasteiger partial charge is 0.221 e. The van der Waals surface area contributed by atoms with E-state index in [0.717, 1.165) is 5.56 Å². The maximum absolute atomic E-state index is 13.2. The summed E-state index contributed by atoms with van der Waals surface area (Å²) >= 11 is 0. The van der Waals surface area contributed by atoms with E-state index in [1.807, 2.05) is 13.8 Å². The minimum atomic E-state index is -2.45.